The number of hydrogen-bond acceptors (Lipinski definition) is 4. The first-order valence-corrected chi connectivity index (χ1v) is 9.87. The summed E-state index contributed by atoms with van der Waals surface area (Å²) < 4.78 is 4.87. The van der Waals surface area contributed by atoms with Crippen LogP contribution in [0.1, 0.15) is 28.5 Å². The smallest absolute Gasteiger partial charge is 0.356 e. The van der Waals surface area contributed by atoms with E-state index in [1.807, 2.05) is 19.1 Å². The van der Waals surface area contributed by atoms with Gasteiger partial charge in [0.05, 0.1) is 18.8 Å². The molecule has 1 atom stereocenters. The number of hydrogen-bond donors (Lipinski definition) is 2. The Labute approximate surface area is 173 Å². The summed E-state index contributed by atoms with van der Waals surface area (Å²) >= 11 is 6.13. The first-order valence-electron chi connectivity index (χ1n) is 9.49. The van der Waals surface area contributed by atoms with Gasteiger partial charge in [-0.05, 0) is 42.7 Å². The van der Waals surface area contributed by atoms with E-state index in [1.165, 1.54) is 18.2 Å². The molecule has 1 aliphatic rings. The number of rotatable bonds is 4. The van der Waals surface area contributed by atoms with Crippen LogP contribution in [0.3, 0.4) is 0 Å². The minimum atomic E-state index is -0.549. The Bertz CT molecular complexity index is 1090. The minimum Gasteiger partial charge on any atom is -0.464 e. The van der Waals surface area contributed by atoms with Crippen molar-refractivity contribution in [3.8, 4) is 0 Å². The van der Waals surface area contributed by atoms with Crippen LogP contribution in [0.4, 0.5) is 5.69 Å². The Balaban J connectivity index is 1.60. The number of nitrogens with zero attached hydrogens (tertiary/aromatic N) is 1. The van der Waals surface area contributed by atoms with Crippen LogP contribution in [0.15, 0.2) is 42.5 Å². The lowest BCUT2D eigenvalue weighted by Gasteiger charge is -2.32. The molecule has 2 aromatic carbocycles. The summed E-state index contributed by atoms with van der Waals surface area (Å²) in [5.74, 6) is -0.734. The van der Waals surface area contributed by atoms with E-state index in [9.17, 15) is 9.59 Å². The number of carbonyl (C=O) groups is 2. The molecule has 7 heteroatoms. The number of halogens is 1. The topological polar surface area (TPSA) is 74.4 Å². The predicted molar refractivity (Wildman–Crippen MR) is 113 cm³/mol. The molecule has 0 bridgehead atoms. The van der Waals surface area contributed by atoms with Crippen molar-refractivity contribution in [2.24, 2.45) is 0 Å². The molecule has 0 saturated heterocycles. The Morgan fingerprint density at radius 3 is 2.72 bits per heavy atom. The third-order valence-corrected chi connectivity index (χ3v) is 5.72. The van der Waals surface area contributed by atoms with Crippen LogP contribution in [0.25, 0.3) is 10.9 Å². The van der Waals surface area contributed by atoms with Crippen LogP contribution in [0.5, 0.6) is 0 Å². The largest absolute Gasteiger partial charge is 0.464 e. The summed E-state index contributed by atoms with van der Waals surface area (Å²) in [5.41, 5.74) is 3.87. The molecular formula is C22H22ClN3O3. The second kappa shape index (κ2) is 7.89. The average molecular weight is 412 g/mol. The number of benzene rings is 2. The Kier molecular flexibility index (Phi) is 5.30. The first kappa shape index (κ1) is 19.5. The molecule has 1 aliphatic heterocycles. The molecule has 1 aromatic heterocycles. The number of esters is 1. The number of methoxy groups -OCH3 is 1. The Hall–Kier alpha value is -2.83. The quantitative estimate of drug-likeness (QED) is 0.636. The van der Waals surface area contributed by atoms with E-state index >= 15 is 0 Å². The van der Waals surface area contributed by atoms with Crippen molar-refractivity contribution in [3.05, 3.63) is 64.3 Å². The van der Waals surface area contributed by atoms with E-state index in [0.717, 1.165) is 13.0 Å². The third-order valence-electron chi connectivity index (χ3n) is 5.49. The third kappa shape index (κ3) is 3.73. The fourth-order valence-corrected chi connectivity index (χ4v) is 3.96. The zero-order valence-electron chi connectivity index (χ0n) is 16.3. The number of nitrogens with one attached hydrogen (secondary N) is 2. The van der Waals surface area contributed by atoms with E-state index in [1.54, 1.807) is 18.2 Å². The van der Waals surface area contributed by atoms with Crippen molar-refractivity contribution < 1.29 is 14.3 Å². The van der Waals surface area contributed by atoms with Crippen LogP contribution >= 0.6 is 11.6 Å². The number of anilines is 1. The zero-order chi connectivity index (χ0) is 20.5. The van der Waals surface area contributed by atoms with Crippen molar-refractivity contribution in [2.45, 2.75) is 25.9 Å². The molecule has 1 unspecified atom stereocenters. The van der Waals surface area contributed by atoms with Gasteiger partial charge in [0.2, 0.25) is 5.91 Å². The summed E-state index contributed by atoms with van der Waals surface area (Å²) in [6.45, 7) is 3.40. The molecule has 150 valence electrons. The lowest BCUT2D eigenvalue weighted by atomic mass is 9.98. The highest BCUT2D eigenvalue weighted by Crippen LogP contribution is 2.31. The molecule has 0 saturated carbocycles. The van der Waals surface area contributed by atoms with Gasteiger partial charge >= 0.3 is 5.97 Å². The van der Waals surface area contributed by atoms with E-state index in [-0.39, 0.29) is 17.6 Å². The maximum Gasteiger partial charge on any atom is 0.356 e. The maximum atomic E-state index is 13.1. The van der Waals surface area contributed by atoms with Crippen molar-refractivity contribution in [1.82, 2.24) is 9.88 Å². The number of carbonyl (C=O) groups excluding carboxylic acids is 2. The highest BCUT2D eigenvalue weighted by atomic mass is 35.5. The standard InChI is InChI=1S/C22H22ClN3O3/c1-13(26-10-9-14-5-3-4-6-15(14)12-26)21(27)25-19-17-11-16(23)7-8-18(17)24-20(19)22(28)29-2/h3-8,11,13,24H,9-10,12H2,1-2H3,(H,25,27). The molecular weight excluding hydrogens is 390 g/mol. The molecule has 3 aromatic rings. The van der Waals surface area contributed by atoms with Gasteiger partial charge in [0, 0.05) is 29.0 Å². The van der Waals surface area contributed by atoms with Gasteiger partial charge in [-0.1, -0.05) is 35.9 Å². The molecule has 0 fully saturated rings. The van der Waals surface area contributed by atoms with Gasteiger partial charge in [-0.25, -0.2) is 4.79 Å². The molecule has 2 N–H and O–H groups in total. The molecule has 0 aliphatic carbocycles. The summed E-state index contributed by atoms with van der Waals surface area (Å²) in [5, 5.41) is 4.11. The molecule has 2 heterocycles. The van der Waals surface area contributed by atoms with Crippen LogP contribution in [-0.4, -0.2) is 41.5 Å². The van der Waals surface area contributed by atoms with Crippen LogP contribution in [0.2, 0.25) is 5.02 Å². The predicted octanol–water partition coefficient (Wildman–Crippen LogP) is 3.99. The number of H-pyrrole nitrogens is 1. The summed E-state index contributed by atoms with van der Waals surface area (Å²) in [6, 6.07) is 13.1. The number of aromatic nitrogens is 1. The normalized spacial score (nSPS) is 15.0. The van der Waals surface area contributed by atoms with Gasteiger partial charge < -0.3 is 15.0 Å². The van der Waals surface area contributed by atoms with Gasteiger partial charge in [-0.2, -0.15) is 0 Å². The van der Waals surface area contributed by atoms with Crippen molar-refractivity contribution >= 4 is 40.1 Å². The monoisotopic (exact) mass is 411 g/mol. The SMILES string of the molecule is COC(=O)c1[nH]c2ccc(Cl)cc2c1NC(=O)C(C)N1CCc2ccccc2C1. The number of ether oxygens (including phenoxy) is 1. The molecule has 1 amide bonds. The molecule has 6 nitrogen and oxygen atoms in total. The van der Waals surface area contributed by atoms with Crippen LogP contribution in [-0.2, 0) is 22.5 Å². The van der Waals surface area contributed by atoms with Gasteiger partial charge in [-0.15, -0.1) is 0 Å². The molecule has 4 rings (SSSR count). The van der Waals surface area contributed by atoms with Crippen LogP contribution in [0, 0.1) is 0 Å². The van der Waals surface area contributed by atoms with Crippen molar-refractivity contribution in [1.29, 1.82) is 0 Å². The average Bonchev–Trinajstić information content (AvgIpc) is 3.09. The highest BCUT2D eigenvalue weighted by molar-refractivity contribution is 6.31. The lowest BCUT2D eigenvalue weighted by Crippen LogP contribution is -2.44. The van der Waals surface area contributed by atoms with Crippen molar-refractivity contribution in [2.75, 3.05) is 19.0 Å². The van der Waals surface area contributed by atoms with Gasteiger partial charge in [0.25, 0.3) is 0 Å². The Morgan fingerprint density at radius 2 is 1.97 bits per heavy atom. The zero-order valence-corrected chi connectivity index (χ0v) is 17.0. The maximum absolute atomic E-state index is 13.1. The fraction of sp³-hybridized carbons (Fsp3) is 0.273. The number of fused-ring (bicyclic) bond motifs is 2. The van der Waals surface area contributed by atoms with Gasteiger partial charge in [-0.3, -0.25) is 9.69 Å². The molecule has 0 radical (unpaired) electrons. The van der Waals surface area contributed by atoms with Gasteiger partial charge in [0.1, 0.15) is 5.69 Å². The fourth-order valence-electron chi connectivity index (χ4n) is 3.79. The number of amides is 1. The van der Waals surface area contributed by atoms with E-state index in [4.69, 9.17) is 16.3 Å². The first-order chi connectivity index (χ1) is 14.0. The number of aromatic amines is 1. The van der Waals surface area contributed by atoms with E-state index < -0.39 is 5.97 Å². The summed E-state index contributed by atoms with van der Waals surface area (Å²) in [6.07, 6.45) is 0.907. The highest BCUT2D eigenvalue weighted by Gasteiger charge is 2.27. The summed E-state index contributed by atoms with van der Waals surface area (Å²) in [4.78, 5) is 30.4. The second-order valence-corrected chi connectivity index (χ2v) is 7.65. The van der Waals surface area contributed by atoms with E-state index in [0.29, 0.717) is 28.2 Å². The summed E-state index contributed by atoms with van der Waals surface area (Å²) in [7, 11) is 1.31. The molecule has 29 heavy (non-hydrogen) atoms. The minimum absolute atomic E-state index is 0.185. The molecule has 0 spiro atoms. The van der Waals surface area contributed by atoms with Crippen LogP contribution < -0.4 is 5.32 Å². The lowest BCUT2D eigenvalue weighted by molar-refractivity contribution is -0.121. The Morgan fingerprint density at radius 1 is 1.21 bits per heavy atom. The van der Waals surface area contributed by atoms with Crippen molar-refractivity contribution in [3.63, 3.8) is 0 Å². The second-order valence-electron chi connectivity index (χ2n) is 7.21. The van der Waals surface area contributed by atoms with E-state index in [2.05, 4.69) is 27.3 Å². The van der Waals surface area contributed by atoms with Gasteiger partial charge in [0.15, 0.2) is 0 Å².